The standard InChI is InChI=1S/C10H19NO3/c1-3-8(11)10(6-9(12)13)4-7(5-10)14-2/h7-8H,3-6,11H2,1-2H3,(H,12,13). The fourth-order valence-electron chi connectivity index (χ4n) is 2.33. The largest absolute Gasteiger partial charge is 0.481 e. The van der Waals surface area contributed by atoms with E-state index in [1.807, 2.05) is 6.92 Å². The minimum absolute atomic E-state index is 0.0231. The van der Waals surface area contributed by atoms with E-state index in [2.05, 4.69) is 0 Å². The van der Waals surface area contributed by atoms with E-state index in [9.17, 15) is 4.79 Å². The lowest BCUT2D eigenvalue weighted by molar-refractivity contribution is -0.147. The lowest BCUT2D eigenvalue weighted by Gasteiger charge is -2.49. The normalized spacial score (nSPS) is 33.5. The maximum atomic E-state index is 10.7. The Balaban J connectivity index is 2.59. The Morgan fingerprint density at radius 3 is 2.64 bits per heavy atom. The second-order valence-electron chi connectivity index (χ2n) is 4.21. The molecular weight excluding hydrogens is 182 g/mol. The summed E-state index contributed by atoms with van der Waals surface area (Å²) in [4.78, 5) is 10.7. The molecule has 3 N–H and O–H groups in total. The molecule has 0 amide bonds. The first kappa shape index (κ1) is 11.5. The lowest BCUT2D eigenvalue weighted by Crippen LogP contribution is -2.54. The van der Waals surface area contributed by atoms with Crippen LogP contribution in [0.1, 0.15) is 32.6 Å². The number of hydrogen-bond acceptors (Lipinski definition) is 3. The molecule has 0 aromatic rings. The van der Waals surface area contributed by atoms with E-state index >= 15 is 0 Å². The van der Waals surface area contributed by atoms with Crippen molar-refractivity contribution in [2.45, 2.75) is 44.8 Å². The van der Waals surface area contributed by atoms with Gasteiger partial charge in [0.25, 0.3) is 0 Å². The van der Waals surface area contributed by atoms with Crippen LogP contribution in [0.15, 0.2) is 0 Å². The first-order valence-corrected chi connectivity index (χ1v) is 5.04. The molecule has 1 atom stereocenters. The summed E-state index contributed by atoms with van der Waals surface area (Å²) in [6.07, 6.45) is 2.76. The van der Waals surface area contributed by atoms with Gasteiger partial charge in [0.1, 0.15) is 0 Å². The molecule has 1 unspecified atom stereocenters. The van der Waals surface area contributed by atoms with Gasteiger partial charge in [-0.2, -0.15) is 0 Å². The molecule has 0 bridgehead atoms. The average molecular weight is 201 g/mol. The van der Waals surface area contributed by atoms with Crippen LogP contribution in [0, 0.1) is 5.41 Å². The van der Waals surface area contributed by atoms with Crippen molar-refractivity contribution < 1.29 is 14.6 Å². The first-order chi connectivity index (χ1) is 6.54. The van der Waals surface area contributed by atoms with Crippen LogP contribution >= 0.6 is 0 Å². The van der Waals surface area contributed by atoms with Gasteiger partial charge in [0.2, 0.25) is 0 Å². The minimum atomic E-state index is -0.761. The van der Waals surface area contributed by atoms with E-state index in [1.165, 1.54) is 0 Å². The van der Waals surface area contributed by atoms with Crippen LogP contribution in [-0.2, 0) is 9.53 Å². The summed E-state index contributed by atoms with van der Waals surface area (Å²) >= 11 is 0. The SMILES string of the molecule is CCC(N)C1(CC(=O)O)CC(OC)C1. The highest BCUT2D eigenvalue weighted by atomic mass is 16.5. The monoisotopic (exact) mass is 201 g/mol. The topological polar surface area (TPSA) is 72.6 Å². The van der Waals surface area contributed by atoms with E-state index in [0.717, 1.165) is 19.3 Å². The maximum absolute atomic E-state index is 10.7. The summed E-state index contributed by atoms with van der Waals surface area (Å²) in [6, 6.07) is -0.0231. The van der Waals surface area contributed by atoms with Gasteiger partial charge in [-0.1, -0.05) is 6.92 Å². The minimum Gasteiger partial charge on any atom is -0.481 e. The van der Waals surface area contributed by atoms with Gasteiger partial charge < -0.3 is 15.6 Å². The van der Waals surface area contributed by atoms with E-state index in [4.69, 9.17) is 15.6 Å². The van der Waals surface area contributed by atoms with Crippen molar-refractivity contribution in [3.05, 3.63) is 0 Å². The quantitative estimate of drug-likeness (QED) is 0.695. The molecule has 1 saturated carbocycles. The molecule has 0 heterocycles. The van der Waals surface area contributed by atoms with Gasteiger partial charge in [0.15, 0.2) is 0 Å². The Hall–Kier alpha value is -0.610. The van der Waals surface area contributed by atoms with Crippen LogP contribution in [0.2, 0.25) is 0 Å². The summed E-state index contributed by atoms with van der Waals surface area (Å²) < 4.78 is 5.17. The zero-order chi connectivity index (χ0) is 10.8. The van der Waals surface area contributed by atoms with Gasteiger partial charge in [-0.25, -0.2) is 0 Å². The predicted octanol–water partition coefficient (Wildman–Crippen LogP) is 0.994. The molecule has 0 spiro atoms. The molecule has 82 valence electrons. The molecule has 0 aliphatic heterocycles. The van der Waals surface area contributed by atoms with Gasteiger partial charge in [-0.3, -0.25) is 4.79 Å². The van der Waals surface area contributed by atoms with Crippen molar-refractivity contribution in [1.82, 2.24) is 0 Å². The number of methoxy groups -OCH3 is 1. The first-order valence-electron chi connectivity index (χ1n) is 5.04. The van der Waals surface area contributed by atoms with Crippen LogP contribution in [-0.4, -0.2) is 30.3 Å². The fourth-order valence-corrected chi connectivity index (χ4v) is 2.33. The summed E-state index contributed by atoms with van der Waals surface area (Å²) in [5, 5.41) is 8.82. The summed E-state index contributed by atoms with van der Waals surface area (Å²) in [7, 11) is 1.66. The predicted molar refractivity (Wildman–Crippen MR) is 53.0 cm³/mol. The van der Waals surface area contributed by atoms with Gasteiger partial charge in [0, 0.05) is 18.6 Å². The van der Waals surface area contributed by atoms with Crippen molar-refractivity contribution in [3.63, 3.8) is 0 Å². The Kier molecular flexibility index (Phi) is 3.50. The number of hydrogen-bond donors (Lipinski definition) is 2. The van der Waals surface area contributed by atoms with Crippen molar-refractivity contribution >= 4 is 5.97 Å². The lowest BCUT2D eigenvalue weighted by atomic mass is 9.60. The Morgan fingerprint density at radius 2 is 2.29 bits per heavy atom. The van der Waals surface area contributed by atoms with E-state index in [0.29, 0.717) is 0 Å². The second-order valence-corrected chi connectivity index (χ2v) is 4.21. The molecule has 0 radical (unpaired) electrons. The number of carboxylic acids is 1. The molecule has 0 saturated heterocycles. The average Bonchev–Trinajstić information content (AvgIpc) is 2.08. The van der Waals surface area contributed by atoms with Crippen LogP contribution in [0.25, 0.3) is 0 Å². The molecule has 1 aliphatic rings. The third-order valence-electron chi connectivity index (χ3n) is 3.33. The second kappa shape index (κ2) is 4.28. The number of carboxylic acid groups (broad SMARTS) is 1. The number of ether oxygens (including phenoxy) is 1. The van der Waals surface area contributed by atoms with Crippen molar-refractivity contribution in [2.75, 3.05) is 7.11 Å². The van der Waals surface area contributed by atoms with E-state index < -0.39 is 5.97 Å². The summed E-state index contributed by atoms with van der Waals surface area (Å²) in [5.74, 6) is -0.761. The Bertz CT molecular complexity index is 211. The zero-order valence-electron chi connectivity index (χ0n) is 8.82. The molecule has 0 aromatic carbocycles. The molecule has 1 rings (SSSR count). The number of nitrogens with two attached hydrogens (primary N) is 1. The highest BCUT2D eigenvalue weighted by molar-refractivity contribution is 5.68. The van der Waals surface area contributed by atoms with Crippen LogP contribution in [0.4, 0.5) is 0 Å². The van der Waals surface area contributed by atoms with Crippen LogP contribution in [0.3, 0.4) is 0 Å². The number of aliphatic carboxylic acids is 1. The Labute approximate surface area is 84.4 Å². The van der Waals surface area contributed by atoms with Gasteiger partial charge in [-0.05, 0) is 19.3 Å². The highest BCUT2D eigenvalue weighted by Crippen LogP contribution is 2.48. The highest BCUT2D eigenvalue weighted by Gasteiger charge is 2.49. The molecule has 1 aliphatic carbocycles. The third-order valence-corrected chi connectivity index (χ3v) is 3.33. The van der Waals surface area contributed by atoms with E-state index in [1.54, 1.807) is 7.11 Å². The molecule has 1 fully saturated rings. The molecular formula is C10H19NO3. The summed E-state index contributed by atoms with van der Waals surface area (Å²) in [6.45, 7) is 1.99. The van der Waals surface area contributed by atoms with Crippen molar-refractivity contribution in [1.29, 1.82) is 0 Å². The molecule has 4 heteroatoms. The third kappa shape index (κ3) is 2.07. The van der Waals surface area contributed by atoms with Crippen molar-refractivity contribution in [3.8, 4) is 0 Å². The number of rotatable bonds is 5. The van der Waals surface area contributed by atoms with Gasteiger partial charge in [0.05, 0.1) is 12.5 Å². The molecule has 4 nitrogen and oxygen atoms in total. The van der Waals surface area contributed by atoms with Crippen molar-refractivity contribution in [2.24, 2.45) is 11.1 Å². The van der Waals surface area contributed by atoms with Crippen LogP contribution < -0.4 is 5.73 Å². The molecule has 14 heavy (non-hydrogen) atoms. The number of carbonyl (C=O) groups is 1. The van der Waals surface area contributed by atoms with Gasteiger partial charge >= 0.3 is 5.97 Å². The zero-order valence-corrected chi connectivity index (χ0v) is 8.82. The van der Waals surface area contributed by atoms with E-state index in [-0.39, 0.29) is 24.0 Å². The van der Waals surface area contributed by atoms with Gasteiger partial charge in [-0.15, -0.1) is 0 Å². The Morgan fingerprint density at radius 1 is 1.71 bits per heavy atom. The maximum Gasteiger partial charge on any atom is 0.303 e. The summed E-state index contributed by atoms with van der Waals surface area (Å²) in [5.41, 5.74) is 5.74. The smallest absolute Gasteiger partial charge is 0.303 e. The van der Waals surface area contributed by atoms with Crippen LogP contribution in [0.5, 0.6) is 0 Å². The fraction of sp³-hybridized carbons (Fsp3) is 0.900. The molecule has 0 aromatic heterocycles.